The smallest absolute Gasteiger partial charge is 0.261 e. The molecule has 1 aromatic heterocycles. The van der Waals surface area contributed by atoms with E-state index in [9.17, 15) is 18.0 Å². The molecule has 0 bridgehead atoms. The monoisotopic (exact) mass is 611 g/mol. The van der Waals surface area contributed by atoms with Gasteiger partial charge in [-0.05, 0) is 78.9 Å². The van der Waals surface area contributed by atoms with Gasteiger partial charge in [0.15, 0.2) is 0 Å². The van der Waals surface area contributed by atoms with Crippen molar-refractivity contribution in [2.75, 3.05) is 16.2 Å². The summed E-state index contributed by atoms with van der Waals surface area (Å²) in [6.45, 7) is 0. The van der Waals surface area contributed by atoms with Crippen molar-refractivity contribution in [3.05, 3.63) is 100 Å². The zero-order chi connectivity index (χ0) is 29.9. The summed E-state index contributed by atoms with van der Waals surface area (Å²) in [6.07, 6.45) is 0. The Balaban J connectivity index is 0.000000296. The lowest BCUT2D eigenvalue weighted by Crippen LogP contribution is -2.12. The molecule has 41 heavy (non-hydrogen) atoms. The van der Waals surface area contributed by atoms with Gasteiger partial charge in [-0.1, -0.05) is 23.2 Å². The molecule has 0 aliphatic heterocycles. The molecule has 5 rings (SSSR count). The number of imidazole rings is 1. The number of amides is 2. The molecule has 1 heterocycles. The number of nitrogens with two attached hydrogens (primary N) is 4. The van der Waals surface area contributed by atoms with Gasteiger partial charge in [-0.25, -0.2) is 13.4 Å². The number of fused-ring (bicyclic) bond motifs is 1. The number of hydrogen-bond acceptors (Lipinski definition) is 7. The van der Waals surface area contributed by atoms with Crippen LogP contribution in [0.25, 0.3) is 22.4 Å². The summed E-state index contributed by atoms with van der Waals surface area (Å²) in [4.78, 5) is 29.6. The number of aromatic nitrogens is 2. The third-order valence-electron chi connectivity index (χ3n) is 5.75. The number of nitrogens with one attached hydrogen (secondary N) is 2. The van der Waals surface area contributed by atoms with E-state index in [0.29, 0.717) is 55.6 Å². The highest BCUT2D eigenvalue weighted by Crippen LogP contribution is 2.27. The van der Waals surface area contributed by atoms with E-state index in [1.165, 1.54) is 42.5 Å². The molecular formula is C27H23Cl2N7O4S. The van der Waals surface area contributed by atoms with Crippen LogP contribution in [0.4, 0.5) is 17.1 Å². The molecule has 0 atom stereocenters. The van der Waals surface area contributed by atoms with E-state index in [2.05, 4.69) is 14.7 Å². The molecule has 2 amide bonds. The second-order valence-corrected chi connectivity index (χ2v) is 11.1. The molecule has 0 unspecified atom stereocenters. The molecule has 0 aliphatic rings. The van der Waals surface area contributed by atoms with Crippen LogP contribution in [0.1, 0.15) is 20.7 Å². The molecular weight excluding hydrogens is 589 g/mol. The van der Waals surface area contributed by atoms with Crippen molar-refractivity contribution in [3.63, 3.8) is 0 Å². The van der Waals surface area contributed by atoms with E-state index >= 15 is 0 Å². The van der Waals surface area contributed by atoms with E-state index in [1.807, 2.05) is 0 Å². The number of rotatable bonds is 6. The predicted molar refractivity (Wildman–Crippen MR) is 161 cm³/mol. The summed E-state index contributed by atoms with van der Waals surface area (Å²) in [5.74, 6) is -0.498. The Labute approximate surface area is 244 Å². The van der Waals surface area contributed by atoms with Crippen LogP contribution in [0, 0.1) is 0 Å². The molecule has 10 N–H and O–H groups in total. The average Bonchev–Trinajstić information content (AvgIpc) is 3.36. The number of aromatic amines is 1. The van der Waals surface area contributed by atoms with Crippen LogP contribution in [0.15, 0.2) is 83.8 Å². The van der Waals surface area contributed by atoms with Crippen LogP contribution in [0.5, 0.6) is 0 Å². The number of primary amides is 2. The Morgan fingerprint density at radius 1 is 0.756 bits per heavy atom. The highest BCUT2D eigenvalue weighted by Gasteiger charge is 2.16. The molecule has 0 saturated carbocycles. The maximum atomic E-state index is 12.6. The van der Waals surface area contributed by atoms with Gasteiger partial charge >= 0.3 is 0 Å². The summed E-state index contributed by atoms with van der Waals surface area (Å²) in [5.41, 5.74) is 25.0. The number of H-pyrrole nitrogens is 1. The lowest BCUT2D eigenvalue weighted by atomic mass is 10.2. The average molecular weight is 612 g/mol. The third kappa shape index (κ3) is 6.87. The molecule has 210 valence electrons. The largest absolute Gasteiger partial charge is 0.397 e. The number of sulfonamides is 1. The molecule has 11 nitrogen and oxygen atoms in total. The topological polar surface area (TPSA) is 213 Å². The Bertz CT molecular complexity index is 1890. The SMILES string of the molecule is NC(=O)c1ccc(N)c(N)c1.NC(=O)c1ccc2nc(-c3ccc(S(=O)(=O)Nc4ccc(Cl)c(Cl)c4)cc3)[nH]c2c1. The van der Waals surface area contributed by atoms with E-state index in [-0.39, 0.29) is 9.92 Å². The number of anilines is 3. The second-order valence-electron chi connectivity index (χ2n) is 8.65. The van der Waals surface area contributed by atoms with E-state index < -0.39 is 21.8 Å². The van der Waals surface area contributed by atoms with Gasteiger partial charge < -0.3 is 27.9 Å². The van der Waals surface area contributed by atoms with Crippen molar-refractivity contribution in [2.24, 2.45) is 11.5 Å². The summed E-state index contributed by atoms with van der Waals surface area (Å²) in [6, 6.07) is 20.1. The predicted octanol–water partition coefficient (Wildman–Crippen LogP) is 4.39. The van der Waals surface area contributed by atoms with Crippen molar-refractivity contribution in [1.29, 1.82) is 0 Å². The number of carbonyl (C=O) groups excluding carboxylic acids is 2. The molecule has 14 heteroatoms. The first-order chi connectivity index (χ1) is 19.3. The summed E-state index contributed by atoms with van der Waals surface area (Å²) in [5, 5.41) is 0.578. The Kier molecular flexibility index (Phi) is 8.38. The number of nitrogen functional groups attached to an aromatic ring is 2. The normalized spacial score (nSPS) is 11.0. The fourth-order valence-electron chi connectivity index (χ4n) is 3.59. The van der Waals surface area contributed by atoms with Crippen molar-refractivity contribution in [3.8, 4) is 11.4 Å². The lowest BCUT2D eigenvalue weighted by Gasteiger charge is -2.09. The number of carbonyl (C=O) groups is 2. The van der Waals surface area contributed by atoms with Crippen LogP contribution in [0.2, 0.25) is 10.0 Å². The van der Waals surface area contributed by atoms with Gasteiger partial charge in [-0.2, -0.15) is 0 Å². The fraction of sp³-hybridized carbons (Fsp3) is 0. The van der Waals surface area contributed by atoms with Gasteiger partial charge in [0.25, 0.3) is 10.0 Å². The molecule has 0 radical (unpaired) electrons. The number of hydrogen-bond donors (Lipinski definition) is 6. The molecule has 0 spiro atoms. The number of halogens is 2. The fourth-order valence-corrected chi connectivity index (χ4v) is 4.94. The van der Waals surface area contributed by atoms with Gasteiger partial charge in [-0.3, -0.25) is 14.3 Å². The maximum Gasteiger partial charge on any atom is 0.261 e. The quantitative estimate of drug-likeness (QED) is 0.152. The summed E-state index contributed by atoms with van der Waals surface area (Å²) < 4.78 is 27.7. The highest BCUT2D eigenvalue weighted by molar-refractivity contribution is 7.92. The third-order valence-corrected chi connectivity index (χ3v) is 7.88. The molecule has 0 fully saturated rings. The van der Waals surface area contributed by atoms with Gasteiger partial charge in [0.05, 0.1) is 43.0 Å². The first kappa shape index (κ1) is 29.2. The number of benzene rings is 4. The van der Waals surface area contributed by atoms with Crippen molar-refractivity contribution in [1.82, 2.24) is 9.97 Å². The van der Waals surface area contributed by atoms with Gasteiger partial charge in [0.1, 0.15) is 5.82 Å². The first-order valence-electron chi connectivity index (χ1n) is 11.7. The van der Waals surface area contributed by atoms with Crippen LogP contribution in [-0.4, -0.2) is 30.2 Å². The van der Waals surface area contributed by atoms with Crippen LogP contribution < -0.4 is 27.7 Å². The standard InChI is InChI=1S/C20H14Cl2N4O3S.C7H9N3O/c21-15-7-4-13(10-16(15)22)26-30(28,29)14-5-1-11(2-6-14)20-24-17-8-3-12(19(23)27)9-18(17)25-20;8-5-2-1-4(7(10)11)3-6(5)9/h1-10,26H,(H2,23,27)(H,24,25);1-3H,8-9H2,(H2,10,11). The summed E-state index contributed by atoms with van der Waals surface area (Å²) in [7, 11) is -3.82. The Morgan fingerprint density at radius 3 is 2.00 bits per heavy atom. The van der Waals surface area contributed by atoms with Gasteiger partial charge in [0.2, 0.25) is 11.8 Å². The van der Waals surface area contributed by atoms with E-state index in [4.69, 9.17) is 46.1 Å². The minimum Gasteiger partial charge on any atom is -0.397 e. The van der Waals surface area contributed by atoms with E-state index in [0.717, 1.165) is 0 Å². The van der Waals surface area contributed by atoms with Crippen molar-refractivity contribution in [2.45, 2.75) is 4.90 Å². The number of nitrogens with zero attached hydrogens (tertiary/aromatic N) is 1. The zero-order valence-corrected chi connectivity index (χ0v) is 23.4. The van der Waals surface area contributed by atoms with Gasteiger partial charge in [-0.15, -0.1) is 0 Å². The zero-order valence-electron chi connectivity index (χ0n) is 21.1. The van der Waals surface area contributed by atoms with Crippen molar-refractivity contribution < 1.29 is 18.0 Å². The van der Waals surface area contributed by atoms with Gasteiger partial charge in [0, 0.05) is 16.7 Å². The van der Waals surface area contributed by atoms with Crippen LogP contribution >= 0.6 is 23.2 Å². The minimum absolute atomic E-state index is 0.0736. The molecule has 4 aromatic carbocycles. The highest BCUT2D eigenvalue weighted by atomic mass is 35.5. The second kappa shape index (κ2) is 11.8. The molecule has 0 saturated heterocycles. The van der Waals surface area contributed by atoms with Crippen LogP contribution in [-0.2, 0) is 10.0 Å². The molecule has 0 aliphatic carbocycles. The minimum atomic E-state index is -3.82. The Hall–Kier alpha value is -4.78. The maximum absolute atomic E-state index is 12.6. The summed E-state index contributed by atoms with van der Waals surface area (Å²) >= 11 is 11.8. The lowest BCUT2D eigenvalue weighted by molar-refractivity contribution is 0.0992. The first-order valence-corrected chi connectivity index (χ1v) is 13.9. The van der Waals surface area contributed by atoms with Crippen molar-refractivity contribution >= 4 is 73.1 Å². The molecule has 5 aromatic rings. The Morgan fingerprint density at radius 2 is 1.39 bits per heavy atom. The van der Waals surface area contributed by atoms with E-state index in [1.54, 1.807) is 36.4 Å². The van der Waals surface area contributed by atoms with Crippen LogP contribution in [0.3, 0.4) is 0 Å².